The molecule has 0 atom stereocenters. The fourth-order valence-corrected chi connectivity index (χ4v) is 3.66. The van der Waals surface area contributed by atoms with Crippen LogP contribution >= 0.6 is 0 Å². The average Bonchev–Trinajstić information content (AvgIpc) is 2.44. The van der Waals surface area contributed by atoms with Crippen LogP contribution in [-0.2, 0) is 29.1 Å². The maximum absolute atomic E-state index is 12.2. The molecule has 1 rings (SSSR count). The van der Waals surface area contributed by atoms with Crippen LogP contribution < -0.4 is 0 Å². The van der Waals surface area contributed by atoms with Gasteiger partial charge in [0.15, 0.2) is 15.5 Å². The van der Waals surface area contributed by atoms with Crippen molar-refractivity contribution in [1.82, 2.24) is 4.98 Å². The molecule has 0 spiro atoms. The van der Waals surface area contributed by atoms with Crippen LogP contribution in [0.1, 0.15) is 50.2 Å². The number of aromatic nitrogens is 1. The van der Waals surface area contributed by atoms with Crippen molar-refractivity contribution in [1.29, 1.82) is 5.26 Å². The third-order valence-electron chi connectivity index (χ3n) is 3.29. The summed E-state index contributed by atoms with van der Waals surface area (Å²) in [7, 11) is -3.43. The van der Waals surface area contributed by atoms with E-state index in [0.717, 1.165) is 23.2 Å². The molecule has 1 aromatic rings. The van der Waals surface area contributed by atoms with Crippen molar-refractivity contribution in [2.75, 3.05) is 5.75 Å². The topological polar surface area (TPSA) is 70.8 Å². The predicted molar refractivity (Wildman–Crippen MR) is 74.8 cm³/mol. The Morgan fingerprint density at radius 1 is 1.05 bits per heavy atom. The van der Waals surface area contributed by atoms with Gasteiger partial charge in [-0.05, 0) is 30.4 Å². The SMILES string of the molecule is CCc1nc(C#N)c(S(=O)(=O)CC)c(CC)c1CC. The van der Waals surface area contributed by atoms with Gasteiger partial charge in [0.1, 0.15) is 11.0 Å². The molecule has 0 aliphatic carbocycles. The van der Waals surface area contributed by atoms with Crippen molar-refractivity contribution < 1.29 is 8.42 Å². The fraction of sp³-hybridized carbons (Fsp3) is 0.571. The summed E-state index contributed by atoms with van der Waals surface area (Å²) in [6.07, 6.45) is 2.04. The summed E-state index contributed by atoms with van der Waals surface area (Å²) >= 11 is 0. The summed E-state index contributed by atoms with van der Waals surface area (Å²) in [4.78, 5) is 4.41. The van der Waals surface area contributed by atoms with Gasteiger partial charge in [-0.2, -0.15) is 5.26 Å². The second kappa shape index (κ2) is 6.16. The lowest BCUT2D eigenvalue weighted by molar-refractivity contribution is 0.594. The first-order chi connectivity index (χ1) is 8.96. The number of rotatable bonds is 5. The van der Waals surface area contributed by atoms with E-state index >= 15 is 0 Å². The van der Waals surface area contributed by atoms with Gasteiger partial charge < -0.3 is 0 Å². The zero-order chi connectivity index (χ0) is 14.6. The van der Waals surface area contributed by atoms with Crippen molar-refractivity contribution in [2.45, 2.75) is 51.9 Å². The van der Waals surface area contributed by atoms with E-state index in [2.05, 4.69) is 4.98 Å². The molecule has 104 valence electrons. The number of hydrogen-bond acceptors (Lipinski definition) is 4. The van der Waals surface area contributed by atoms with Crippen LogP contribution in [0.25, 0.3) is 0 Å². The molecule has 0 amide bonds. The first-order valence-corrected chi connectivity index (χ1v) is 8.29. The Balaban J connectivity index is 3.85. The Labute approximate surface area is 115 Å². The molecule has 0 unspecified atom stereocenters. The normalized spacial score (nSPS) is 11.3. The van der Waals surface area contributed by atoms with E-state index in [9.17, 15) is 13.7 Å². The Hall–Kier alpha value is -1.41. The predicted octanol–water partition coefficient (Wildman–Crippen LogP) is 2.43. The molecule has 0 aromatic carbocycles. The van der Waals surface area contributed by atoms with Crippen LogP contribution in [-0.4, -0.2) is 19.2 Å². The minimum Gasteiger partial charge on any atom is -0.240 e. The molecule has 4 nitrogen and oxygen atoms in total. The molecule has 0 saturated heterocycles. The lowest BCUT2D eigenvalue weighted by Gasteiger charge is -2.16. The summed E-state index contributed by atoms with van der Waals surface area (Å²) in [6.45, 7) is 7.47. The first kappa shape index (κ1) is 15.6. The minimum absolute atomic E-state index is 0.00894. The lowest BCUT2D eigenvalue weighted by atomic mass is 9.99. The number of pyridine rings is 1. The number of sulfone groups is 1. The molecule has 0 fully saturated rings. The van der Waals surface area contributed by atoms with E-state index in [4.69, 9.17) is 0 Å². The summed E-state index contributed by atoms with van der Waals surface area (Å²) in [5.74, 6) is -0.00894. The summed E-state index contributed by atoms with van der Waals surface area (Å²) in [5, 5.41) is 9.20. The van der Waals surface area contributed by atoms with Crippen LogP contribution in [0.2, 0.25) is 0 Å². The first-order valence-electron chi connectivity index (χ1n) is 6.64. The van der Waals surface area contributed by atoms with E-state index in [1.165, 1.54) is 0 Å². The Bertz CT molecular complexity index is 613. The Kier molecular flexibility index (Phi) is 5.07. The molecule has 0 saturated carbocycles. The molecule has 0 radical (unpaired) electrons. The summed E-state index contributed by atoms with van der Waals surface area (Å²) in [5.41, 5.74) is 2.64. The van der Waals surface area contributed by atoms with E-state index in [1.54, 1.807) is 6.92 Å². The monoisotopic (exact) mass is 280 g/mol. The number of nitrogens with zero attached hydrogens (tertiary/aromatic N) is 2. The molecule has 19 heavy (non-hydrogen) atoms. The van der Waals surface area contributed by atoms with Gasteiger partial charge in [0.25, 0.3) is 0 Å². The zero-order valence-electron chi connectivity index (χ0n) is 11.9. The minimum atomic E-state index is -3.43. The van der Waals surface area contributed by atoms with E-state index < -0.39 is 9.84 Å². The van der Waals surface area contributed by atoms with Gasteiger partial charge in [-0.25, -0.2) is 13.4 Å². The Morgan fingerprint density at radius 2 is 1.63 bits per heavy atom. The van der Waals surface area contributed by atoms with E-state index in [0.29, 0.717) is 12.8 Å². The van der Waals surface area contributed by atoms with Gasteiger partial charge in [-0.3, -0.25) is 0 Å². The molecular formula is C14H20N2O2S. The van der Waals surface area contributed by atoms with E-state index in [1.807, 2.05) is 26.8 Å². The molecule has 1 aromatic heterocycles. The van der Waals surface area contributed by atoms with Gasteiger partial charge in [0.05, 0.1) is 5.75 Å². The maximum atomic E-state index is 12.2. The van der Waals surface area contributed by atoms with Crippen molar-refractivity contribution in [3.8, 4) is 6.07 Å². The second-order valence-corrected chi connectivity index (χ2v) is 6.48. The van der Waals surface area contributed by atoms with Crippen LogP contribution in [0.15, 0.2) is 4.90 Å². The van der Waals surface area contributed by atoms with Crippen LogP contribution in [0.3, 0.4) is 0 Å². The van der Waals surface area contributed by atoms with Gasteiger partial charge in [-0.1, -0.05) is 27.7 Å². The second-order valence-electron chi connectivity index (χ2n) is 4.27. The highest BCUT2D eigenvalue weighted by Gasteiger charge is 2.25. The molecule has 0 bridgehead atoms. The van der Waals surface area contributed by atoms with Gasteiger partial charge in [0.2, 0.25) is 0 Å². The lowest BCUT2D eigenvalue weighted by Crippen LogP contribution is -2.15. The standard InChI is InChI=1S/C14H20N2O2S/c1-5-10-11(6-2)14(19(17,18)8-4)13(9-15)16-12(10)7-3/h5-8H2,1-4H3. The highest BCUT2D eigenvalue weighted by atomic mass is 32.2. The molecule has 0 aliphatic heterocycles. The van der Waals surface area contributed by atoms with Crippen molar-refractivity contribution in [3.63, 3.8) is 0 Å². The Morgan fingerprint density at radius 3 is 2.00 bits per heavy atom. The maximum Gasteiger partial charge on any atom is 0.181 e. The van der Waals surface area contributed by atoms with Gasteiger partial charge in [0, 0.05) is 5.69 Å². The smallest absolute Gasteiger partial charge is 0.181 e. The highest BCUT2D eigenvalue weighted by molar-refractivity contribution is 7.91. The van der Waals surface area contributed by atoms with Gasteiger partial charge >= 0.3 is 0 Å². The van der Waals surface area contributed by atoms with Gasteiger partial charge in [-0.15, -0.1) is 0 Å². The number of hydrogen-bond donors (Lipinski definition) is 0. The van der Waals surface area contributed by atoms with E-state index in [-0.39, 0.29) is 16.3 Å². The quantitative estimate of drug-likeness (QED) is 0.830. The van der Waals surface area contributed by atoms with Crippen molar-refractivity contribution >= 4 is 9.84 Å². The molecule has 5 heteroatoms. The third-order valence-corrected chi connectivity index (χ3v) is 5.11. The third kappa shape index (κ3) is 2.79. The fourth-order valence-electron chi connectivity index (χ4n) is 2.35. The number of nitriles is 1. The summed E-state index contributed by atoms with van der Waals surface area (Å²) in [6, 6.07) is 1.95. The van der Waals surface area contributed by atoms with Crippen molar-refractivity contribution in [3.05, 3.63) is 22.5 Å². The van der Waals surface area contributed by atoms with Crippen molar-refractivity contribution in [2.24, 2.45) is 0 Å². The van der Waals surface area contributed by atoms with Crippen LogP contribution in [0, 0.1) is 11.3 Å². The van der Waals surface area contributed by atoms with Crippen LogP contribution in [0.4, 0.5) is 0 Å². The highest BCUT2D eigenvalue weighted by Crippen LogP contribution is 2.27. The molecule has 1 heterocycles. The zero-order valence-corrected chi connectivity index (χ0v) is 12.8. The molecular weight excluding hydrogens is 260 g/mol. The van der Waals surface area contributed by atoms with Crippen LogP contribution in [0.5, 0.6) is 0 Å². The average molecular weight is 280 g/mol. The number of aryl methyl sites for hydroxylation is 1. The molecule has 0 aliphatic rings. The largest absolute Gasteiger partial charge is 0.240 e. The summed E-state index contributed by atoms with van der Waals surface area (Å²) < 4.78 is 24.5. The molecule has 0 N–H and O–H groups in total.